The third kappa shape index (κ3) is 2.34. The van der Waals surface area contributed by atoms with E-state index in [1.807, 2.05) is 30.3 Å². The van der Waals surface area contributed by atoms with Gasteiger partial charge in [0.05, 0.1) is 6.10 Å². The number of benzene rings is 1. The van der Waals surface area contributed by atoms with Crippen LogP contribution in [0.3, 0.4) is 0 Å². The molecular weight excluding hydrogens is 176 g/mol. The predicted molar refractivity (Wildman–Crippen MR) is 54.3 cm³/mol. The summed E-state index contributed by atoms with van der Waals surface area (Å²) in [6.45, 7) is 0. The van der Waals surface area contributed by atoms with Crippen molar-refractivity contribution in [3.63, 3.8) is 0 Å². The van der Waals surface area contributed by atoms with Gasteiger partial charge >= 0.3 is 0 Å². The Hall–Kier alpha value is -1.31. The summed E-state index contributed by atoms with van der Waals surface area (Å²) >= 11 is 0. The van der Waals surface area contributed by atoms with Crippen LogP contribution in [-0.4, -0.2) is 11.9 Å². The minimum absolute atomic E-state index is 0.232. The van der Waals surface area contributed by atoms with Crippen molar-refractivity contribution in [2.45, 2.75) is 31.8 Å². The van der Waals surface area contributed by atoms with Gasteiger partial charge in [-0.25, -0.2) is 0 Å². The van der Waals surface area contributed by atoms with Crippen LogP contribution in [-0.2, 0) is 4.79 Å². The van der Waals surface area contributed by atoms with E-state index in [1.54, 1.807) is 0 Å². The van der Waals surface area contributed by atoms with Gasteiger partial charge in [-0.05, 0) is 25.0 Å². The summed E-state index contributed by atoms with van der Waals surface area (Å²) in [6, 6.07) is 9.80. The number of hydrogen-bond acceptors (Lipinski definition) is 2. The normalized spacial score (nSPS) is 18.1. The van der Waals surface area contributed by atoms with Crippen LogP contribution in [0.1, 0.15) is 25.7 Å². The van der Waals surface area contributed by atoms with Crippen LogP contribution in [0.5, 0.6) is 5.75 Å². The average molecular weight is 190 g/mol. The summed E-state index contributed by atoms with van der Waals surface area (Å²) < 4.78 is 5.75. The molecule has 0 amide bonds. The molecule has 1 aromatic carbocycles. The van der Waals surface area contributed by atoms with Crippen molar-refractivity contribution < 1.29 is 9.53 Å². The van der Waals surface area contributed by atoms with Crippen LogP contribution in [0.2, 0.25) is 0 Å². The zero-order valence-electron chi connectivity index (χ0n) is 8.11. The highest BCUT2D eigenvalue weighted by molar-refractivity contribution is 5.79. The van der Waals surface area contributed by atoms with Gasteiger partial charge in [0.25, 0.3) is 0 Å². The first-order valence-corrected chi connectivity index (χ1v) is 5.08. The molecule has 0 radical (unpaired) electrons. The van der Waals surface area contributed by atoms with E-state index >= 15 is 0 Å². The van der Waals surface area contributed by atoms with Crippen molar-refractivity contribution in [1.82, 2.24) is 0 Å². The number of carbonyl (C=O) groups is 1. The standard InChI is InChI=1S/C12H14O2/c13-10-6-8-12(9-7-10)14-11-4-2-1-3-5-11/h1-5,12H,6-9H2. The van der Waals surface area contributed by atoms with Crippen molar-refractivity contribution in [1.29, 1.82) is 0 Å². The maximum atomic E-state index is 11.0. The Kier molecular flexibility index (Phi) is 2.82. The van der Waals surface area contributed by atoms with E-state index in [0.29, 0.717) is 18.6 Å². The van der Waals surface area contributed by atoms with Crippen LogP contribution in [0.4, 0.5) is 0 Å². The first-order valence-electron chi connectivity index (χ1n) is 5.08. The van der Waals surface area contributed by atoms with Crippen molar-refractivity contribution >= 4 is 5.78 Å². The zero-order chi connectivity index (χ0) is 9.80. The minimum atomic E-state index is 0.232. The maximum absolute atomic E-state index is 11.0. The first kappa shape index (κ1) is 9.25. The Bertz CT molecular complexity index is 295. The summed E-state index contributed by atoms with van der Waals surface area (Å²) in [7, 11) is 0. The number of para-hydroxylation sites is 1. The van der Waals surface area contributed by atoms with Crippen molar-refractivity contribution in [3.05, 3.63) is 30.3 Å². The van der Waals surface area contributed by atoms with Crippen molar-refractivity contribution in [2.24, 2.45) is 0 Å². The monoisotopic (exact) mass is 190 g/mol. The summed E-state index contributed by atoms with van der Waals surface area (Å²) in [6.07, 6.45) is 3.33. The van der Waals surface area contributed by atoms with E-state index in [2.05, 4.69) is 0 Å². The molecule has 1 aliphatic carbocycles. The lowest BCUT2D eigenvalue weighted by Crippen LogP contribution is -2.23. The summed E-state index contributed by atoms with van der Waals surface area (Å²) in [5.74, 6) is 1.28. The number of rotatable bonds is 2. The van der Waals surface area contributed by atoms with Crippen molar-refractivity contribution in [3.8, 4) is 5.75 Å². The first-order chi connectivity index (χ1) is 6.84. The van der Waals surface area contributed by atoms with Crippen LogP contribution in [0, 0.1) is 0 Å². The molecule has 1 aromatic rings. The molecule has 0 unspecified atom stereocenters. The van der Waals surface area contributed by atoms with E-state index in [-0.39, 0.29) is 6.10 Å². The predicted octanol–water partition coefficient (Wildman–Crippen LogP) is 2.58. The molecule has 2 heteroatoms. The van der Waals surface area contributed by atoms with Gasteiger partial charge in [0.15, 0.2) is 0 Å². The molecule has 0 aromatic heterocycles. The Morgan fingerprint density at radius 2 is 1.71 bits per heavy atom. The lowest BCUT2D eigenvalue weighted by Gasteiger charge is -2.22. The second-order valence-electron chi connectivity index (χ2n) is 3.67. The molecule has 74 valence electrons. The highest BCUT2D eigenvalue weighted by Gasteiger charge is 2.19. The highest BCUT2D eigenvalue weighted by atomic mass is 16.5. The topological polar surface area (TPSA) is 26.3 Å². The van der Waals surface area contributed by atoms with Gasteiger partial charge in [-0.3, -0.25) is 4.79 Å². The Labute approximate surface area is 83.9 Å². The van der Waals surface area contributed by atoms with Crippen LogP contribution in [0.15, 0.2) is 30.3 Å². The van der Waals surface area contributed by atoms with Gasteiger partial charge in [0.1, 0.15) is 11.5 Å². The minimum Gasteiger partial charge on any atom is -0.490 e. The van der Waals surface area contributed by atoms with Gasteiger partial charge in [-0.1, -0.05) is 18.2 Å². The quantitative estimate of drug-likeness (QED) is 0.716. The van der Waals surface area contributed by atoms with Gasteiger partial charge in [0.2, 0.25) is 0 Å². The lowest BCUT2D eigenvalue weighted by atomic mass is 9.96. The Morgan fingerprint density at radius 3 is 2.36 bits per heavy atom. The molecule has 0 aliphatic heterocycles. The summed E-state index contributed by atoms with van der Waals surface area (Å²) in [5, 5.41) is 0. The second-order valence-corrected chi connectivity index (χ2v) is 3.67. The third-order valence-corrected chi connectivity index (χ3v) is 2.54. The zero-order valence-corrected chi connectivity index (χ0v) is 8.11. The molecule has 14 heavy (non-hydrogen) atoms. The van der Waals surface area contributed by atoms with Gasteiger partial charge in [-0.15, -0.1) is 0 Å². The molecule has 0 atom stereocenters. The molecule has 2 rings (SSSR count). The van der Waals surface area contributed by atoms with E-state index < -0.39 is 0 Å². The fraction of sp³-hybridized carbons (Fsp3) is 0.417. The highest BCUT2D eigenvalue weighted by Crippen LogP contribution is 2.21. The van der Waals surface area contributed by atoms with Gasteiger partial charge in [-0.2, -0.15) is 0 Å². The maximum Gasteiger partial charge on any atom is 0.133 e. The lowest BCUT2D eigenvalue weighted by molar-refractivity contribution is -0.121. The second kappa shape index (κ2) is 4.27. The van der Waals surface area contributed by atoms with Crippen LogP contribution >= 0.6 is 0 Å². The molecule has 1 fully saturated rings. The average Bonchev–Trinajstić information content (AvgIpc) is 2.23. The van der Waals surface area contributed by atoms with Crippen molar-refractivity contribution in [2.75, 3.05) is 0 Å². The molecule has 0 heterocycles. The SMILES string of the molecule is O=C1CCC(Oc2ccccc2)CC1. The molecule has 0 N–H and O–H groups in total. The molecule has 1 aliphatic rings. The third-order valence-electron chi connectivity index (χ3n) is 2.54. The molecular formula is C12H14O2. The van der Waals surface area contributed by atoms with E-state index in [4.69, 9.17) is 4.74 Å². The fourth-order valence-electron chi connectivity index (χ4n) is 1.72. The van der Waals surface area contributed by atoms with E-state index in [9.17, 15) is 4.79 Å². The van der Waals surface area contributed by atoms with E-state index in [0.717, 1.165) is 18.6 Å². The van der Waals surface area contributed by atoms with Crippen LogP contribution < -0.4 is 4.74 Å². The largest absolute Gasteiger partial charge is 0.490 e. The summed E-state index contributed by atoms with van der Waals surface area (Å²) in [5.41, 5.74) is 0. The smallest absolute Gasteiger partial charge is 0.133 e. The number of hydrogen-bond donors (Lipinski definition) is 0. The van der Waals surface area contributed by atoms with Gasteiger partial charge in [0, 0.05) is 12.8 Å². The Morgan fingerprint density at radius 1 is 1.07 bits per heavy atom. The number of carbonyl (C=O) groups excluding carboxylic acids is 1. The molecule has 0 bridgehead atoms. The fourth-order valence-corrected chi connectivity index (χ4v) is 1.72. The van der Waals surface area contributed by atoms with Crippen LogP contribution in [0.25, 0.3) is 0 Å². The molecule has 0 saturated heterocycles. The van der Waals surface area contributed by atoms with Gasteiger partial charge < -0.3 is 4.74 Å². The number of ether oxygens (including phenoxy) is 1. The van der Waals surface area contributed by atoms with E-state index in [1.165, 1.54) is 0 Å². The molecule has 0 spiro atoms. The molecule has 1 saturated carbocycles. The summed E-state index contributed by atoms with van der Waals surface area (Å²) in [4.78, 5) is 11.0. The molecule has 2 nitrogen and oxygen atoms in total. The number of ketones is 1. The Balaban J connectivity index is 1.89. The number of Topliss-reactive ketones (excluding diaryl/α,β-unsaturated/α-hetero) is 1.